The van der Waals surface area contributed by atoms with Crippen molar-refractivity contribution in [1.82, 2.24) is 5.32 Å². The number of hydrogen-bond acceptors (Lipinski definition) is 1. The average Bonchev–Trinajstić information content (AvgIpc) is 2.62. The van der Waals surface area contributed by atoms with Crippen molar-refractivity contribution < 1.29 is 0 Å². The quantitative estimate of drug-likeness (QED) is 0.725. The lowest BCUT2D eigenvalue weighted by atomic mass is 9.82. The van der Waals surface area contributed by atoms with Gasteiger partial charge in [0.25, 0.3) is 0 Å². The summed E-state index contributed by atoms with van der Waals surface area (Å²) >= 11 is 0. The first kappa shape index (κ1) is 13.0. The van der Waals surface area contributed by atoms with Gasteiger partial charge in [-0.25, -0.2) is 0 Å². The molecule has 0 aliphatic heterocycles. The fraction of sp³-hybridized carbons (Fsp3) is 1.00. The van der Waals surface area contributed by atoms with Crippen LogP contribution in [0.25, 0.3) is 0 Å². The van der Waals surface area contributed by atoms with Crippen LogP contribution in [0, 0.1) is 11.3 Å². The van der Waals surface area contributed by atoms with Crippen LogP contribution in [0.15, 0.2) is 0 Å². The minimum Gasteiger partial charge on any atom is -0.314 e. The summed E-state index contributed by atoms with van der Waals surface area (Å²) in [7, 11) is 0. The maximum atomic E-state index is 3.65. The van der Waals surface area contributed by atoms with Gasteiger partial charge in [-0.3, -0.25) is 0 Å². The van der Waals surface area contributed by atoms with E-state index < -0.39 is 0 Å². The Labute approximate surface area is 96.0 Å². The minimum absolute atomic E-state index is 0.411. The highest BCUT2D eigenvalue weighted by Crippen LogP contribution is 2.31. The van der Waals surface area contributed by atoms with Crippen molar-refractivity contribution in [2.75, 3.05) is 6.54 Å². The summed E-state index contributed by atoms with van der Waals surface area (Å²) in [5.74, 6) is 1.04. The van der Waals surface area contributed by atoms with E-state index in [0.717, 1.165) is 12.5 Å². The molecule has 0 saturated heterocycles. The van der Waals surface area contributed by atoms with Crippen LogP contribution < -0.4 is 5.32 Å². The maximum Gasteiger partial charge on any atom is 0.0116 e. The molecule has 0 bridgehead atoms. The fourth-order valence-corrected chi connectivity index (χ4v) is 2.79. The molecule has 0 heterocycles. The van der Waals surface area contributed by atoms with E-state index in [9.17, 15) is 0 Å². The predicted molar refractivity (Wildman–Crippen MR) is 68.1 cm³/mol. The summed E-state index contributed by atoms with van der Waals surface area (Å²) in [6.07, 6.45) is 8.74. The van der Waals surface area contributed by atoms with Crippen molar-refractivity contribution in [1.29, 1.82) is 0 Å². The molecule has 15 heavy (non-hydrogen) atoms. The molecule has 0 amide bonds. The van der Waals surface area contributed by atoms with Gasteiger partial charge in [-0.2, -0.15) is 0 Å². The number of hydrogen-bond donors (Lipinski definition) is 1. The van der Waals surface area contributed by atoms with Gasteiger partial charge in [0.2, 0.25) is 0 Å². The predicted octanol–water partition coefficient (Wildman–Crippen LogP) is 3.98. The van der Waals surface area contributed by atoms with E-state index in [1.54, 1.807) is 0 Å². The van der Waals surface area contributed by atoms with Gasteiger partial charge in [-0.05, 0) is 30.7 Å². The highest BCUT2D eigenvalue weighted by molar-refractivity contribution is 4.81. The maximum absolute atomic E-state index is 3.65. The third-order valence-corrected chi connectivity index (χ3v) is 3.83. The second kappa shape index (κ2) is 5.89. The van der Waals surface area contributed by atoms with E-state index >= 15 is 0 Å². The largest absolute Gasteiger partial charge is 0.314 e. The lowest BCUT2D eigenvalue weighted by Gasteiger charge is -2.32. The molecule has 0 aromatic rings. The third kappa shape index (κ3) is 4.55. The minimum atomic E-state index is 0.411. The molecule has 1 N–H and O–H groups in total. The molecule has 1 aliphatic rings. The van der Waals surface area contributed by atoms with Crippen LogP contribution in [0.4, 0.5) is 0 Å². The number of nitrogens with one attached hydrogen (secondary N) is 1. The van der Waals surface area contributed by atoms with Crippen molar-refractivity contribution in [2.24, 2.45) is 11.3 Å². The zero-order chi connectivity index (χ0) is 11.3. The molecule has 1 heteroatoms. The van der Waals surface area contributed by atoms with E-state index in [0.29, 0.717) is 11.5 Å². The first-order valence-corrected chi connectivity index (χ1v) is 6.77. The molecule has 1 nitrogen and oxygen atoms in total. The summed E-state index contributed by atoms with van der Waals surface area (Å²) < 4.78 is 0. The molecule has 1 fully saturated rings. The van der Waals surface area contributed by atoms with Gasteiger partial charge < -0.3 is 5.32 Å². The molecule has 0 aromatic carbocycles. The van der Waals surface area contributed by atoms with Gasteiger partial charge in [-0.1, -0.05) is 53.4 Å². The SMILES string of the molecule is CCNC(CCC1CCCC1)C(C)(C)C. The zero-order valence-corrected chi connectivity index (χ0v) is 11.1. The van der Waals surface area contributed by atoms with Crippen molar-refractivity contribution in [3.8, 4) is 0 Å². The molecule has 1 atom stereocenters. The Kier molecular flexibility index (Phi) is 5.11. The van der Waals surface area contributed by atoms with E-state index in [2.05, 4.69) is 33.0 Å². The lowest BCUT2D eigenvalue weighted by Crippen LogP contribution is -2.40. The van der Waals surface area contributed by atoms with Gasteiger partial charge >= 0.3 is 0 Å². The smallest absolute Gasteiger partial charge is 0.0116 e. The Morgan fingerprint density at radius 1 is 1.20 bits per heavy atom. The van der Waals surface area contributed by atoms with Crippen LogP contribution in [0.2, 0.25) is 0 Å². The van der Waals surface area contributed by atoms with Crippen molar-refractivity contribution in [3.05, 3.63) is 0 Å². The van der Waals surface area contributed by atoms with Gasteiger partial charge in [0.1, 0.15) is 0 Å². The third-order valence-electron chi connectivity index (χ3n) is 3.83. The lowest BCUT2D eigenvalue weighted by molar-refractivity contribution is 0.242. The first-order valence-electron chi connectivity index (χ1n) is 6.77. The van der Waals surface area contributed by atoms with Crippen molar-refractivity contribution in [2.45, 2.75) is 72.3 Å². The molecule has 0 aromatic heterocycles. The summed E-state index contributed by atoms with van der Waals surface area (Å²) in [6.45, 7) is 10.4. The molecule has 1 unspecified atom stereocenters. The van der Waals surface area contributed by atoms with Crippen molar-refractivity contribution >= 4 is 0 Å². The highest BCUT2D eigenvalue weighted by Gasteiger charge is 2.25. The molecule has 90 valence electrons. The Bertz CT molecular complexity index is 163. The van der Waals surface area contributed by atoms with Crippen LogP contribution in [-0.2, 0) is 0 Å². The second-order valence-electron chi connectivity index (χ2n) is 6.20. The second-order valence-corrected chi connectivity index (χ2v) is 6.20. The normalized spacial score (nSPS) is 20.8. The molecule has 1 rings (SSSR count). The Morgan fingerprint density at radius 2 is 1.80 bits per heavy atom. The van der Waals surface area contributed by atoms with E-state index in [4.69, 9.17) is 0 Å². The van der Waals surface area contributed by atoms with Gasteiger partial charge in [0.05, 0.1) is 0 Å². The van der Waals surface area contributed by atoms with Crippen LogP contribution in [-0.4, -0.2) is 12.6 Å². The van der Waals surface area contributed by atoms with Crippen LogP contribution in [0.3, 0.4) is 0 Å². The van der Waals surface area contributed by atoms with E-state index in [1.165, 1.54) is 38.5 Å². The van der Waals surface area contributed by atoms with Crippen LogP contribution in [0.1, 0.15) is 66.2 Å². The van der Waals surface area contributed by atoms with Crippen LogP contribution >= 0.6 is 0 Å². The molecule has 0 spiro atoms. The average molecular weight is 211 g/mol. The summed E-state index contributed by atoms with van der Waals surface area (Å²) in [6, 6.07) is 0.697. The van der Waals surface area contributed by atoms with Gasteiger partial charge in [0.15, 0.2) is 0 Å². The highest BCUT2D eigenvalue weighted by atomic mass is 14.9. The Morgan fingerprint density at radius 3 is 2.27 bits per heavy atom. The Balaban J connectivity index is 2.30. The molecular weight excluding hydrogens is 182 g/mol. The monoisotopic (exact) mass is 211 g/mol. The summed E-state index contributed by atoms with van der Waals surface area (Å²) in [4.78, 5) is 0. The van der Waals surface area contributed by atoms with Crippen LogP contribution in [0.5, 0.6) is 0 Å². The fourth-order valence-electron chi connectivity index (χ4n) is 2.79. The van der Waals surface area contributed by atoms with Gasteiger partial charge in [-0.15, -0.1) is 0 Å². The standard InChI is InChI=1S/C14H29N/c1-5-15-13(14(2,3)4)11-10-12-8-6-7-9-12/h12-13,15H,5-11H2,1-4H3. The first-order chi connectivity index (χ1) is 7.04. The Hall–Kier alpha value is -0.0400. The molecular formula is C14H29N. The summed E-state index contributed by atoms with van der Waals surface area (Å²) in [5.41, 5.74) is 0.411. The van der Waals surface area contributed by atoms with E-state index in [-0.39, 0.29) is 0 Å². The van der Waals surface area contributed by atoms with E-state index in [1.807, 2.05) is 0 Å². The van der Waals surface area contributed by atoms with Crippen molar-refractivity contribution in [3.63, 3.8) is 0 Å². The zero-order valence-electron chi connectivity index (χ0n) is 11.1. The molecule has 1 aliphatic carbocycles. The van der Waals surface area contributed by atoms with Gasteiger partial charge in [0, 0.05) is 6.04 Å². The summed E-state index contributed by atoms with van der Waals surface area (Å²) in [5, 5.41) is 3.65. The number of rotatable bonds is 5. The molecule has 1 saturated carbocycles. The molecule has 0 radical (unpaired) electrons. The topological polar surface area (TPSA) is 12.0 Å².